The van der Waals surface area contributed by atoms with Gasteiger partial charge in [0.1, 0.15) is 6.04 Å². The average molecular weight is 185 g/mol. The predicted molar refractivity (Wildman–Crippen MR) is 40.1 cm³/mol. The highest BCUT2D eigenvalue weighted by Crippen LogP contribution is 2.22. The summed E-state index contributed by atoms with van der Waals surface area (Å²) in [5.74, 6) is -2.17. The van der Waals surface area contributed by atoms with Gasteiger partial charge in [-0.25, -0.2) is 14.5 Å². The number of hydrogen-bond acceptors (Lipinski definition) is 3. The Morgan fingerprint density at radius 2 is 2.00 bits per heavy atom. The van der Waals surface area contributed by atoms with E-state index < -0.39 is 24.0 Å². The Kier molecular flexibility index (Phi) is 2.05. The monoisotopic (exact) mass is 185 g/mol. The normalized spacial score (nSPS) is 22.2. The third-order valence-electron chi connectivity index (χ3n) is 1.76. The van der Waals surface area contributed by atoms with Crippen LogP contribution in [0.15, 0.2) is 12.2 Å². The number of carboxylic acids is 1. The van der Waals surface area contributed by atoms with E-state index in [1.165, 1.54) is 0 Å². The summed E-state index contributed by atoms with van der Waals surface area (Å²) in [5, 5.41) is 17.1. The first-order chi connectivity index (χ1) is 5.95. The second-order valence-electron chi connectivity index (χ2n) is 2.62. The van der Waals surface area contributed by atoms with Crippen molar-refractivity contribution >= 4 is 18.0 Å². The summed E-state index contributed by atoms with van der Waals surface area (Å²) in [6.45, 7) is 3.28. The van der Waals surface area contributed by atoms with Crippen molar-refractivity contribution in [3.05, 3.63) is 12.2 Å². The highest BCUT2D eigenvalue weighted by Gasteiger charge is 2.42. The molecular formula is C7H7NO5. The molecule has 0 saturated carbocycles. The van der Waals surface area contributed by atoms with Crippen LogP contribution in [0.2, 0.25) is 0 Å². The van der Waals surface area contributed by atoms with Crippen LogP contribution in [0.5, 0.6) is 0 Å². The van der Waals surface area contributed by atoms with Crippen LogP contribution in [-0.4, -0.2) is 39.1 Å². The van der Waals surface area contributed by atoms with Crippen molar-refractivity contribution in [1.29, 1.82) is 0 Å². The topological polar surface area (TPSA) is 94.9 Å². The molecule has 13 heavy (non-hydrogen) atoms. The zero-order valence-corrected chi connectivity index (χ0v) is 6.56. The van der Waals surface area contributed by atoms with Crippen molar-refractivity contribution in [1.82, 2.24) is 4.90 Å². The summed E-state index contributed by atoms with van der Waals surface area (Å²) in [6, 6.07) is -1.32. The van der Waals surface area contributed by atoms with Gasteiger partial charge in [0.25, 0.3) is 5.91 Å². The molecule has 6 nitrogen and oxygen atoms in total. The summed E-state index contributed by atoms with van der Waals surface area (Å²) >= 11 is 0. The van der Waals surface area contributed by atoms with Gasteiger partial charge in [-0.15, -0.1) is 0 Å². The molecule has 0 unspecified atom stereocenters. The van der Waals surface area contributed by atoms with Gasteiger partial charge < -0.3 is 10.2 Å². The maximum Gasteiger partial charge on any atom is 0.415 e. The summed E-state index contributed by atoms with van der Waals surface area (Å²) in [7, 11) is 0. The van der Waals surface area contributed by atoms with Crippen molar-refractivity contribution in [3.63, 3.8) is 0 Å². The van der Waals surface area contributed by atoms with Crippen LogP contribution in [0, 0.1) is 0 Å². The molecule has 1 fully saturated rings. The van der Waals surface area contributed by atoms with Crippen LogP contribution in [0.4, 0.5) is 4.79 Å². The number of likely N-dealkylation sites (tertiary alicyclic amines) is 1. The molecule has 70 valence electrons. The van der Waals surface area contributed by atoms with Gasteiger partial charge in [-0.05, 0) is 0 Å². The van der Waals surface area contributed by atoms with Gasteiger partial charge in [0.15, 0.2) is 0 Å². The Labute approximate surface area is 73.1 Å². The smallest absolute Gasteiger partial charge is 0.415 e. The summed E-state index contributed by atoms with van der Waals surface area (Å²) in [6.07, 6.45) is -1.70. The van der Waals surface area contributed by atoms with Crippen LogP contribution < -0.4 is 0 Å². The van der Waals surface area contributed by atoms with Crippen molar-refractivity contribution < 1.29 is 24.6 Å². The third kappa shape index (κ3) is 1.37. The molecule has 1 aliphatic heterocycles. The fraction of sp³-hybridized carbons (Fsp3) is 0.286. The van der Waals surface area contributed by atoms with Crippen LogP contribution in [0.1, 0.15) is 6.42 Å². The van der Waals surface area contributed by atoms with Gasteiger partial charge in [-0.3, -0.25) is 4.79 Å². The molecule has 1 saturated heterocycles. The number of aliphatic carboxylic acids is 1. The van der Waals surface area contributed by atoms with Crippen LogP contribution in [-0.2, 0) is 9.59 Å². The standard InChI is InChI=1S/C7H7NO5/c1-3-2-4(6(10)11)8(5(3)9)7(12)13/h4H,1-2H2,(H,10,11)(H,12,13)/t4-/m0/s1. The summed E-state index contributed by atoms with van der Waals surface area (Å²) in [5.41, 5.74) is 0.00907. The fourth-order valence-electron chi connectivity index (χ4n) is 1.14. The lowest BCUT2D eigenvalue weighted by Crippen LogP contribution is -2.42. The number of hydrogen-bond donors (Lipinski definition) is 2. The van der Waals surface area contributed by atoms with E-state index in [9.17, 15) is 14.4 Å². The summed E-state index contributed by atoms with van der Waals surface area (Å²) < 4.78 is 0. The number of imide groups is 1. The van der Waals surface area contributed by atoms with E-state index in [1.807, 2.05) is 0 Å². The molecule has 2 amide bonds. The van der Waals surface area contributed by atoms with Crippen molar-refractivity contribution in [2.24, 2.45) is 0 Å². The predicted octanol–water partition coefficient (Wildman–Crippen LogP) is -0.0939. The van der Waals surface area contributed by atoms with E-state index in [-0.39, 0.29) is 16.9 Å². The third-order valence-corrected chi connectivity index (χ3v) is 1.76. The van der Waals surface area contributed by atoms with Gasteiger partial charge in [0.05, 0.1) is 0 Å². The molecule has 6 heteroatoms. The van der Waals surface area contributed by atoms with Crippen molar-refractivity contribution in [2.75, 3.05) is 0 Å². The highest BCUT2D eigenvalue weighted by molar-refractivity contribution is 6.07. The molecule has 1 aliphatic rings. The first kappa shape index (κ1) is 9.24. The quantitative estimate of drug-likeness (QED) is 0.556. The average Bonchev–Trinajstić information content (AvgIpc) is 2.28. The van der Waals surface area contributed by atoms with Crippen molar-refractivity contribution in [2.45, 2.75) is 12.5 Å². The van der Waals surface area contributed by atoms with E-state index in [1.54, 1.807) is 0 Å². The maximum atomic E-state index is 11.0. The van der Waals surface area contributed by atoms with Gasteiger partial charge in [0, 0.05) is 12.0 Å². The van der Waals surface area contributed by atoms with Gasteiger partial charge >= 0.3 is 12.1 Å². The molecule has 1 heterocycles. The van der Waals surface area contributed by atoms with Crippen LogP contribution in [0.25, 0.3) is 0 Å². The molecule has 0 aromatic carbocycles. The molecule has 0 bridgehead atoms. The Morgan fingerprint density at radius 3 is 2.31 bits per heavy atom. The Balaban J connectivity index is 3.00. The van der Waals surface area contributed by atoms with Crippen LogP contribution in [0.3, 0.4) is 0 Å². The first-order valence-corrected chi connectivity index (χ1v) is 3.42. The highest BCUT2D eigenvalue weighted by atomic mass is 16.4. The van der Waals surface area contributed by atoms with E-state index >= 15 is 0 Å². The zero-order valence-electron chi connectivity index (χ0n) is 6.56. The molecule has 0 radical (unpaired) electrons. The fourth-order valence-corrected chi connectivity index (χ4v) is 1.14. The minimum Gasteiger partial charge on any atom is -0.480 e. The largest absolute Gasteiger partial charge is 0.480 e. The SMILES string of the molecule is C=C1C[C@@H](C(=O)O)N(C(=O)O)C1=O. The lowest BCUT2D eigenvalue weighted by molar-refractivity contribution is -0.144. The second-order valence-corrected chi connectivity index (χ2v) is 2.62. The molecule has 0 spiro atoms. The molecule has 1 rings (SSSR count). The number of carbonyl (C=O) groups excluding carboxylic acids is 1. The zero-order chi connectivity index (χ0) is 10.2. The Morgan fingerprint density at radius 1 is 1.46 bits per heavy atom. The van der Waals surface area contributed by atoms with E-state index in [2.05, 4.69) is 6.58 Å². The van der Waals surface area contributed by atoms with Gasteiger partial charge in [-0.1, -0.05) is 6.58 Å². The Bertz CT molecular complexity index is 308. The molecular weight excluding hydrogens is 178 g/mol. The minimum atomic E-state index is -1.56. The number of carboxylic acid groups (broad SMARTS) is 2. The van der Waals surface area contributed by atoms with E-state index in [0.717, 1.165) is 0 Å². The molecule has 1 atom stereocenters. The number of amides is 2. The van der Waals surface area contributed by atoms with Crippen molar-refractivity contribution in [3.8, 4) is 0 Å². The maximum absolute atomic E-state index is 11.0. The van der Waals surface area contributed by atoms with Gasteiger partial charge in [0.2, 0.25) is 0 Å². The lowest BCUT2D eigenvalue weighted by Gasteiger charge is -2.14. The van der Waals surface area contributed by atoms with E-state index in [4.69, 9.17) is 10.2 Å². The molecule has 0 aromatic heterocycles. The first-order valence-electron chi connectivity index (χ1n) is 3.42. The number of carbonyl (C=O) groups is 3. The Hall–Kier alpha value is -1.85. The number of nitrogens with zero attached hydrogens (tertiary/aromatic N) is 1. The van der Waals surface area contributed by atoms with Crippen LogP contribution >= 0.6 is 0 Å². The molecule has 0 aromatic rings. The summed E-state index contributed by atoms with van der Waals surface area (Å²) in [4.78, 5) is 32.3. The van der Waals surface area contributed by atoms with E-state index in [0.29, 0.717) is 0 Å². The minimum absolute atomic E-state index is 0.00907. The molecule has 0 aliphatic carbocycles. The second kappa shape index (κ2) is 2.89. The number of rotatable bonds is 1. The lowest BCUT2D eigenvalue weighted by atomic mass is 10.2. The van der Waals surface area contributed by atoms with Gasteiger partial charge in [-0.2, -0.15) is 0 Å². The molecule has 2 N–H and O–H groups in total.